The van der Waals surface area contributed by atoms with Gasteiger partial charge in [0.05, 0.1) is 17.5 Å². The van der Waals surface area contributed by atoms with Crippen molar-refractivity contribution >= 4 is 23.5 Å². The van der Waals surface area contributed by atoms with E-state index in [9.17, 15) is 19.5 Å². The average molecular weight is 288 g/mol. The third-order valence-corrected chi connectivity index (χ3v) is 4.30. The second kappa shape index (κ2) is 4.39. The summed E-state index contributed by atoms with van der Waals surface area (Å²) in [6, 6.07) is 7.58. The van der Waals surface area contributed by atoms with E-state index >= 15 is 0 Å². The molecule has 2 fully saturated rings. The molecule has 3 rings (SSSR count). The maximum Gasteiger partial charge on any atom is 0.321 e. The number of anilines is 1. The third kappa shape index (κ3) is 1.86. The van der Waals surface area contributed by atoms with E-state index in [1.807, 2.05) is 0 Å². The molecule has 2 saturated heterocycles. The molecule has 2 aliphatic heterocycles. The van der Waals surface area contributed by atoms with E-state index in [1.165, 1.54) is 0 Å². The number of carbonyl (C=O) groups excluding carboxylic acids is 2. The maximum absolute atomic E-state index is 12.7. The fourth-order valence-electron chi connectivity index (χ4n) is 3.41. The second-order valence-electron chi connectivity index (χ2n) is 6.03. The van der Waals surface area contributed by atoms with E-state index in [2.05, 4.69) is 5.32 Å². The number of para-hydroxylation sites is 1. The quantitative estimate of drug-likeness (QED) is 0.779. The zero-order chi connectivity index (χ0) is 15.4. The van der Waals surface area contributed by atoms with E-state index in [4.69, 9.17) is 0 Å². The number of imide groups is 1. The number of nitrogens with one attached hydrogen (secondary N) is 1. The Hall–Kier alpha value is -2.21. The van der Waals surface area contributed by atoms with Crippen LogP contribution in [0.15, 0.2) is 30.3 Å². The zero-order valence-electron chi connectivity index (χ0n) is 11.7. The minimum absolute atomic E-state index is 0.336. The van der Waals surface area contributed by atoms with Crippen molar-refractivity contribution in [1.29, 1.82) is 0 Å². The van der Waals surface area contributed by atoms with Crippen LogP contribution in [0.5, 0.6) is 0 Å². The van der Waals surface area contributed by atoms with Gasteiger partial charge in [0.1, 0.15) is 6.04 Å². The van der Waals surface area contributed by atoms with Gasteiger partial charge >= 0.3 is 5.97 Å². The van der Waals surface area contributed by atoms with E-state index in [0.29, 0.717) is 5.69 Å². The fourth-order valence-corrected chi connectivity index (χ4v) is 3.41. The maximum atomic E-state index is 12.7. The number of benzene rings is 1. The molecule has 0 aromatic heterocycles. The van der Waals surface area contributed by atoms with Crippen LogP contribution < -0.4 is 10.2 Å². The van der Waals surface area contributed by atoms with Gasteiger partial charge in [0.2, 0.25) is 11.8 Å². The second-order valence-corrected chi connectivity index (χ2v) is 6.03. The molecule has 6 heteroatoms. The summed E-state index contributed by atoms with van der Waals surface area (Å²) >= 11 is 0. The smallest absolute Gasteiger partial charge is 0.321 e. The molecule has 0 saturated carbocycles. The molecular weight excluding hydrogens is 272 g/mol. The van der Waals surface area contributed by atoms with Crippen LogP contribution in [0, 0.1) is 11.8 Å². The Morgan fingerprint density at radius 1 is 1.19 bits per heavy atom. The number of aliphatic carboxylic acids is 1. The lowest BCUT2D eigenvalue weighted by molar-refractivity contribution is -0.142. The van der Waals surface area contributed by atoms with Gasteiger partial charge in [-0.05, 0) is 26.0 Å². The Bertz CT molecular complexity index is 626. The summed E-state index contributed by atoms with van der Waals surface area (Å²) in [5, 5.41) is 12.2. The van der Waals surface area contributed by atoms with Crippen LogP contribution in [-0.2, 0) is 14.4 Å². The van der Waals surface area contributed by atoms with Crippen molar-refractivity contribution in [2.75, 3.05) is 4.90 Å². The molecule has 2 heterocycles. The molecular formula is C15H16N2O4. The molecule has 2 amide bonds. The number of fused-ring (bicyclic) bond motifs is 1. The van der Waals surface area contributed by atoms with Gasteiger partial charge in [-0.1, -0.05) is 18.2 Å². The van der Waals surface area contributed by atoms with E-state index in [0.717, 1.165) is 4.90 Å². The van der Waals surface area contributed by atoms with Gasteiger partial charge in [-0.25, -0.2) is 4.90 Å². The molecule has 1 aromatic rings. The lowest BCUT2D eigenvalue weighted by Crippen LogP contribution is -2.49. The van der Waals surface area contributed by atoms with Crippen molar-refractivity contribution in [1.82, 2.24) is 5.32 Å². The number of amides is 2. The normalized spacial score (nSPS) is 30.6. The predicted molar refractivity (Wildman–Crippen MR) is 74.6 cm³/mol. The molecule has 0 spiro atoms. The first kappa shape index (κ1) is 13.8. The van der Waals surface area contributed by atoms with E-state index in [1.54, 1.807) is 44.2 Å². The summed E-state index contributed by atoms with van der Waals surface area (Å²) < 4.78 is 0. The first-order chi connectivity index (χ1) is 9.84. The molecule has 2 aliphatic rings. The van der Waals surface area contributed by atoms with Crippen LogP contribution in [-0.4, -0.2) is 34.5 Å². The number of nitrogens with zero attached hydrogens (tertiary/aromatic N) is 1. The summed E-state index contributed by atoms with van der Waals surface area (Å²) in [5.74, 6) is -3.40. The third-order valence-electron chi connectivity index (χ3n) is 4.30. The van der Waals surface area contributed by atoms with Gasteiger partial charge in [0.15, 0.2) is 0 Å². The first-order valence-corrected chi connectivity index (χ1v) is 6.78. The number of hydrogen-bond donors (Lipinski definition) is 2. The van der Waals surface area contributed by atoms with Crippen LogP contribution in [0.4, 0.5) is 5.69 Å². The van der Waals surface area contributed by atoms with Crippen LogP contribution in [0.2, 0.25) is 0 Å². The highest BCUT2D eigenvalue weighted by Crippen LogP contribution is 2.43. The molecule has 0 bridgehead atoms. The van der Waals surface area contributed by atoms with Gasteiger partial charge in [0.25, 0.3) is 0 Å². The molecule has 110 valence electrons. The monoisotopic (exact) mass is 288 g/mol. The summed E-state index contributed by atoms with van der Waals surface area (Å²) in [5.41, 5.74) is -0.244. The Kier molecular flexibility index (Phi) is 2.88. The summed E-state index contributed by atoms with van der Waals surface area (Å²) in [4.78, 5) is 37.8. The van der Waals surface area contributed by atoms with Crippen LogP contribution in [0.3, 0.4) is 0 Å². The Labute approximate surface area is 121 Å². The van der Waals surface area contributed by atoms with Crippen molar-refractivity contribution in [2.24, 2.45) is 11.8 Å². The first-order valence-electron chi connectivity index (χ1n) is 6.78. The molecule has 21 heavy (non-hydrogen) atoms. The number of carbonyl (C=O) groups is 3. The molecule has 3 atom stereocenters. The topological polar surface area (TPSA) is 86.7 Å². The predicted octanol–water partition coefficient (Wildman–Crippen LogP) is 0.627. The minimum atomic E-state index is -1.10. The fraction of sp³-hybridized carbons (Fsp3) is 0.400. The van der Waals surface area contributed by atoms with Gasteiger partial charge in [0, 0.05) is 5.54 Å². The Morgan fingerprint density at radius 3 is 2.38 bits per heavy atom. The number of carboxylic acid groups (broad SMARTS) is 1. The number of rotatable bonds is 2. The Balaban J connectivity index is 2.06. The molecule has 2 N–H and O–H groups in total. The zero-order valence-corrected chi connectivity index (χ0v) is 11.7. The Morgan fingerprint density at radius 2 is 1.81 bits per heavy atom. The standard InChI is InChI=1S/C15H16N2O4/c1-15(2)10-9(11(16-15)14(20)21)12(18)17(13(10)19)8-6-4-3-5-7-8/h3-7,9-11,16H,1-2H3,(H,20,21)/t9-,10-,11-/m1/s1. The minimum Gasteiger partial charge on any atom is -0.480 e. The van der Waals surface area contributed by atoms with Crippen molar-refractivity contribution in [3.8, 4) is 0 Å². The molecule has 0 aliphatic carbocycles. The van der Waals surface area contributed by atoms with Crippen molar-refractivity contribution in [3.63, 3.8) is 0 Å². The number of hydrogen-bond acceptors (Lipinski definition) is 4. The number of carboxylic acids is 1. The highest BCUT2D eigenvalue weighted by molar-refractivity contribution is 6.23. The van der Waals surface area contributed by atoms with E-state index in [-0.39, 0.29) is 5.91 Å². The van der Waals surface area contributed by atoms with Crippen molar-refractivity contribution in [2.45, 2.75) is 25.4 Å². The molecule has 1 aromatic carbocycles. The van der Waals surface area contributed by atoms with Gasteiger partial charge in [-0.2, -0.15) is 0 Å². The lowest BCUT2D eigenvalue weighted by atomic mass is 9.83. The highest BCUT2D eigenvalue weighted by atomic mass is 16.4. The van der Waals surface area contributed by atoms with Gasteiger partial charge in [-0.3, -0.25) is 19.7 Å². The SMILES string of the molecule is CC1(C)N[C@@H](C(=O)O)[C@@H]2C(=O)N(c3ccccc3)C(=O)[C@@H]21. The van der Waals surface area contributed by atoms with Crippen LogP contribution in [0.1, 0.15) is 13.8 Å². The van der Waals surface area contributed by atoms with Crippen LogP contribution >= 0.6 is 0 Å². The van der Waals surface area contributed by atoms with Gasteiger partial charge < -0.3 is 5.11 Å². The molecule has 0 unspecified atom stereocenters. The van der Waals surface area contributed by atoms with Gasteiger partial charge in [-0.15, -0.1) is 0 Å². The van der Waals surface area contributed by atoms with Crippen molar-refractivity contribution < 1.29 is 19.5 Å². The summed E-state index contributed by atoms with van der Waals surface area (Å²) in [6.07, 6.45) is 0. The van der Waals surface area contributed by atoms with Crippen LogP contribution in [0.25, 0.3) is 0 Å². The highest BCUT2D eigenvalue weighted by Gasteiger charge is 2.63. The lowest BCUT2D eigenvalue weighted by Gasteiger charge is -2.26. The molecule has 0 radical (unpaired) electrons. The van der Waals surface area contributed by atoms with Crippen molar-refractivity contribution in [3.05, 3.63) is 30.3 Å². The average Bonchev–Trinajstić information content (AvgIpc) is 2.85. The summed E-state index contributed by atoms with van der Waals surface area (Å²) in [6.45, 7) is 3.51. The van der Waals surface area contributed by atoms with E-state index < -0.39 is 35.3 Å². The summed E-state index contributed by atoms with van der Waals surface area (Å²) in [7, 11) is 0. The molecule has 6 nitrogen and oxygen atoms in total. The largest absolute Gasteiger partial charge is 0.480 e.